The summed E-state index contributed by atoms with van der Waals surface area (Å²) in [4.78, 5) is 0. The van der Waals surface area contributed by atoms with E-state index in [0.29, 0.717) is 6.61 Å². The Hall–Kier alpha value is -1.26. The lowest BCUT2D eigenvalue weighted by atomic mass is 9.90. The Morgan fingerprint density at radius 1 is 1.10 bits per heavy atom. The molecule has 0 aliphatic carbocycles. The van der Waals surface area contributed by atoms with Crippen LogP contribution < -0.4 is 14.8 Å². The number of nitrogens with one attached hydrogen (secondary N) is 1. The SMILES string of the molecule is CCCNC(c1c(OC)cccc1OC)C(C)(C)OCC. The van der Waals surface area contributed by atoms with Gasteiger partial charge in [0.05, 0.1) is 31.4 Å². The molecule has 1 N–H and O–H groups in total. The molecule has 0 amide bonds. The van der Waals surface area contributed by atoms with E-state index < -0.39 is 0 Å². The molecule has 0 aliphatic rings. The summed E-state index contributed by atoms with van der Waals surface area (Å²) in [6, 6.07) is 5.84. The number of hydrogen-bond acceptors (Lipinski definition) is 4. The molecule has 4 heteroatoms. The van der Waals surface area contributed by atoms with E-state index in [9.17, 15) is 0 Å². The predicted molar refractivity (Wildman–Crippen MR) is 86.3 cm³/mol. The van der Waals surface area contributed by atoms with Crippen LogP contribution in [-0.2, 0) is 4.74 Å². The summed E-state index contributed by atoms with van der Waals surface area (Å²) in [6.45, 7) is 9.91. The van der Waals surface area contributed by atoms with E-state index in [-0.39, 0.29) is 11.6 Å². The number of rotatable bonds is 9. The molecule has 0 radical (unpaired) electrons. The van der Waals surface area contributed by atoms with Gasteiger partial charge in [0.15, 0.2) is 0 Å². The third kappa shape index (κ3) is 4.35. The molecule has 4 nitrogen and oxygen atoms in total. The Bertz CT molecular complexity index is 410. The minimum absolute atomic E-state index is 0.0106. The summed E-state index contributed by atoms with van der Waals surface area (Å²) in [5, 5.41) is 3.58. The number of hydrogen-bond donors (Lipinski definition) is 1. The Morgan fingerprint density at radius 3 is 2.10 bits per heavy atom. The molecular weight excluding hydrogens is 266 g/mol. The average molecular weight is 295 g/mol. The second kappa shape index (κ2) is 8.25. The fourth-order valence-electron chi connectivity index (χ4n) is 2.60. The summed E-state index contributed by atoms with van der Waals surface area (Å²) >= 11 is 0. The molecule has 0 saturated carbocycles. The van der Waals surface area contributed by atoms with Crippen molar-refractivity contribution in [1.82, 2.24) is 5.32 Å². The first-order valence-electron chi connectivity index (χ1n) is 7.60. The van der Waals surface area contributed by atoms with Gasteiger partial charge in [0, 0.05) is 6.61 Å². The van der Waals surface area contributed by atoms with E-state index in [2.05, 4.69) is 26.1 Å². The van der Waals surface area contributed by atoms with Gasteiger partial charge in [-0.3, -0.25) is 0 Å². The summed E-state index contributed by atoms with van der Waals surface area (Å²) in [5.74, 6) is 1.63. The summed E-state index contributed by atoms with van der Waals surface area (Å²) < 4.78 is 17.1. The van der Waals surface area contributed by atoms with E-state index in [0.717, 1.165) is 30.0 Å². The van der Waals surface area contributed by atoms with Crippen molar-refractivity contribution < 1.29 is 14.2 Å². The van der Waals surface area contributed by atoms with Gasteiger partial charge in [-0.05, 0) is 45.9 Å². The summed E-state index contributed by atoms with van der Waals surface area (Å²) in [6.07, 6.45) is 1.05. The minimum atomic E-state index is -0.369. The molecule has 1 unspecified atom stereocenters. The molecule has 1 aromatic carbocycles. The molecule has 0 fully saturated rings. The lowest BCUT2D eigenvalue weighted by molar-refractivity contribution is -0.0401. The van der Waals surface area contributed by atoms with Gasteiger partial charge >= 0.3 is 0 Å². The molecule has 1 rings (SSSR count). The Morgan fingerprint density at radius 2 is 1.67 bits per heavy atom. The van der Waals surface area contributed by atoms with Crippen LogP contribution in [-0.4, -0.2) is 33.0 Å². The van der Waals surface area contributed by atoms with E-state index in [1.807, 2.05) is 25.1 Å². The van der Waals surface area contributed by atoms with Crippen LogP contribution in [0.15, 0.2) is 18.2 Å². The fourth-order valence-corrected chi connectivity index (χ4v) is 2.60. The largest absolute Gasteiger partial charge is 0.496 e. The first kappa shape index (κ1) is 17.8. The average Bonchev–Trinajstić information content (AvgIpc) is 2.47. The van der Waals surface area contributed by atoms with Crippen molar-refractivity contribution in [2.45, 2.75) is 45.8 Å². The van der Waals surface area contributed by atoms with Crippen molar-refractivity contribution in [2.24, 2.45) is 0 Å². The molecule has 1 aromatic rings. The monoisotopic (exact) mass is 295 g/mol. The molecule has 0 bridgehead atoms. The molecule has 0 saturated heterocycles. The van der Waals surface area contributed by atoms with Crippen LogP contribution in [0.3, 0.4) is 0 Å². The van der Waals surface area contributed by atoms with Crippen molar-refractivity contribution in [1.29, 1.82) is 0 Å². The van der Waals surface area contributed by atoms with Crippen molar-refractivity contribution in [3.63, 3.8) is 0 Å². The maximum absolute atomic E-state index is 5.97. The zero-order valence-electron chi connectivity index (χ0n) is 14.2. The van der Waals surface area contributed by atoms with Crippen LogP contribution in [0.2, 0.25) is 0 Å². The highest BCUT2D eigenvalue weighted by atomic mass is 16.5. The Kier molecular flexibility index (Phi) is 6.99. The predicted octanol–water partition coefficient (Wildman–Crippen LogP) is 3.56. The second-order valence-electron chi connectivity index (χ2n) is 5.50. The Balaban J connectivity index is 3.31. The van der Waals surface area contributed by atoms with Crippen LogP contribution in [0, 0.1) is 0 Å². The van der Waals surface area contributed by atoms with Gasteiger partial charge in [-0.2, -0.15) is 0 Å². The maximum atomic E-state index is 5.97. The molecular formula is C17H29NO3. The normalized spacial score (nSPS) is 13.0. The molecule has 0 spiro atoms. The van der Waals surface area contributed by atoms with Crippen molar-refractivity contribution in [3.05, 3.63) is 23.8 Å². The highest BCUT2D eigenvalue weighted by molar-refractivity contribution is 5.48. The summed E-state index contributed by atoms with van der Waals surface area (Å²) in [5.41, 5.74) is 0.639. The zero-order chi connectivity index (χ0) is 15.9. The molecule has 0 heterocycles. The van der Waals surface area contributed by atoms with Crippen LogP contribution >= 0.6 is 0 Å². The second-order valence-corrected chi connectivity index (χ2v) is 5.50. The van der Waals surface area contributed by atoms with Gasteiger partial charge in [0.2, 0.25) is 0 Å². The van der Waals surface area contributed by atoms with E-state index in [1.165, 1.54) is 0 Å². The van der Waals surface area contributed by atoms with Crippen LogP contribution in [0.1, 0.15) is 45.7 Å². The first-order valence-corrected chi connectivity index (χ1v) is 7.60. The van der Waals surface area contributed by atoms with Crippen LogP contribution in [0.4, 0.5) is 0 Å². The zero-order valence-corrected chi connectivity index (χ0v) is 14.2. The van der Waals surface area contributed by atoms with E-state index >= 15 is 0 Å². The summed E-state index contributed by atoms with van der Waals surface area (Å²) in [7, 11) is 3.37. The fraction of sp³-hybridized carbons (Fsp3) is 0.647. The van der Waals surface area contributed by atoms with Gasteiger partial charge in [-0.25, -0.2) is 0 Å². The Labute approximate surface area is 128 Å². The van der Waals surface area contributed by atoms with Crippen LogP contribution in [0.5, 0.6) is 11.5 Å². The standard InChI is InChI=1S/C17H29NO3/c1-7-12-18-16(17(3,4)21-8-2)15-13(19-5)10-9-11-14(15)20-6/h9-11,16,18H,7-8,12H2,1-6H3. The number of methoxy groups -OCH3 is 2. The van der Waals surface area contributed by atoms with Gasteiger partial charge in [-0.1, -0.05) is 13.0 Å². The number of ether oxygens (including phenoxy) is 3. The van der Waals surface area contributed by atoms with E-state index in [1.54, 1.807) is 14.2 Å². The lowest BCUT2D eigenvalue weighted by Crippen LogP contribution is -2.42. The van der Waals surface area contributed by atoms with Crippen LogP contribution in [0.25, 0.3) is 0 Å². The molecule has 120 valence electrons. The highest BCUT2D eigenvalue weighted by Gasteiger charge is 2.35. The minimum Gasteiger partial charge on any atom is -0.496 e. The van der Waals surface area contributed by atoms with Gasteiger partial charge in [0.1, 0.15) is 11.5 Å². The quantitative estimate of drug-likeness (QED) is 0.756. The van der Waals surface area contributed by atoms with Crippen molar-refractivity contribution >= 4 is 0 Å². The number of benzene rings is 1. The first-order chi connectivity index (χ1) is 10.0. The van der Waals surface area contributed by atoms with E-state index in [4.69, 9.17) is 14.2 Å². The smallest absolute Gasteiger partial charge is 0.127 e. The van der Waals surface area contributed by atoms with Crippen molar-refractivity contribution in [3.8, 4) is 11.5 Å². The molecule has 1 atom stereocenters. The van der Waals surface area contributed by atoms with Crippen molar-refractivity contribution in [2.75, 3.05) is 27.4 Å². The van der Waals surface area contributed by atoms with Gasteiger partial charge < -0.3 is 19.5 Å². The maximum Gasteiger partial charge on any atom is 0.127 e. The molecule has 0 aliphatic heterocycles. The molecule has 21 heavy (non-hydrogen) atoms. The lowest BCUT2D eigenvalue weighted by Gasteiger charge is -2.36. The third-order valence-electron chi connectivity index (χ3n) is 3.56. The highest BCUT2D eigenvalue weighted by Crippen LogP contribution is 2.40. The van der Waals surface area contributed by atoms with Gasteiger partial charge in [0.25, 0.3) is 0 Å². The topological polar surface area (TPSA) is 39.7 Å². The third-order valence-corrected chi connectivity index (χ3v) is 3.56. The van der Waals surface area contributed by atoms with Gasteiger partial charge in [-0.15, -0.1) is 0 Å². The molecule has 0 aromatic heterocycles.